The van der Waals surface area contributed by atoms with E-state index in [9.17, 15) is 9.59 Å². The SMILES string of the molecule is CC(C)CN1C(=O)/C(=C/c2cn(CC(=O)N3CCC(C)CC3)c3ccc(Br)cc23)SC1=S. The average Bonchev–Trinajstić information content (AvgIpc) is 3.19. The Kier molecular flexibility index (Phi) is 7.12. The van der Waals surface area contributed by atoms with E-state index in [4.69, 9.17) is 12.2 Å². The maximum atomic E-state index is 13.0. The van der Waals surface area contributed by atoms with Crippen LogP contribution in [0.5, 0.6) is 0 Å². The largest absolute Gasteiger partial charge is 0.341 e. The van der Waals surface area contributed by atoms with E-state index in [2.05, 4.69) is 36.7 Å². The highest BCUT2D eigenvalue weighted by Gasteiger charge is 2.32. The molecule has 170 valence electrons. The van der Waals surface area contributed by atoms with Gasteiger partial charge in [0.1, 0.15) is 10.9 Å². The summed E-state index contributed by atoms with van der Waals surface area (Å²) in [5.41, 5.74) is 1.90. The fraction of sp³-hybridized carbons (Fsp3) is 0.458. The highest BCUT2D eigenvalue weighted by atomic mass is 79.9. The number of rotatable bonds is 5. The number of carbonyl (C=O) groups excluding carboxylic acids is 2. The van der Waals surface area contributed by atoms with Crippen molar-refractivity contribution < 1.29 is 9.59 Å². The predicted octanol–water partition coefficient (Wildman–Crippen LogP) is 5.52. The first-order valence-corrected chi connectivity index (χ1v) is 13.1. The standard InChI is InChI=1S/C24H28BrN3O2S2/c1-15(2)12-28-23(30)21(32-24(28)31)10-17-13-27(20-5-4-18(25)11-19(17)20)14-22(29)26-8-6-16(3)7-9-26/h4-5,10-11,13,15-16H,6-9,12,14H2,1-3H3/b21-10-. The van der Waals surface area contributed by atoms with Crippen molar-refractivity contribution in [3.05, 3.63) is 39.3 Å². The number of hydrogen-bond acceptors (Lipinski definition) is 4. The van der Waals surface area contributed by atoms with Crippen LogP contribution in [0.1, 0.15) is 39.2 Å². The Balaban J connectivity index is 1.64. The van der Waals surface area contributed by atoms with E-state index in [1.165, 1.54) is 11.8 Å². The van der Waals surface area contributed by atoms with Crippen LogP contribution in [0.2, 0.25) is 0 Å². The molecule has 5 nitrogen and oxygen atoms in total. The number of nitrogens with zero attached hydrogens (tertiary/aromatic N) is 3. The van der Waals surface area contributed by atoms with E-state index < -0.39 is 0 Å². The summed E-state index contributed by atoms with van der Waals surface area (Å²) in [6.45, 7) is 8.98. The first-order valence-electron chi connectivity index (χ1n) is 11.0. The van der Waals surface area contributed by atoms with Crippen LogP contribution in [0.15, 0.2) is 33.8 Å². The van der Waals surface area contributed by atoms with E-state index in [0.717, 1.165) is 46.9 Å². The fourth-order valence-corrected chi connectivity index (χ4v) is 5.84. The lowest BCUT2D eigenvalue weighted by Crippen LogP contribution is -2.39. The van der Waals surface area contributed by atoms with Gasteiger partial charge in [-0.1, -0.05) is 60.7 Å². The van der Waals surface area contributed by atoms with E-state index in [0.29, 0.717) is 34.2 Å². The number of halogens is 1. The van der Waals surface area contributed by atoms with E-state index in [1.54, 1.807) is 4.90 Å². The van der Waals surface area contributed by atoms with Gasteiger partial charge >= 0.3 is 0 Å². The number of fused-ring (bicyclic) bond motifs is 1. The molecule has 2 amide bonds. The summed E-state index contributed by atoms with van der Waals surface area (Å²) < 4.78 is 3.57. The van der Waals surface area contributed by atoms with Crippen molar-refractivity contribution in [2.24, 2.45) is 11.8 Å². The zero-order chi connectivity index (χ0) is 23.0. The highest BCUT2D eigenvalue weighted by molar-refractivity contribution is 9.10. The van der Waals surface area contributed by atoms with Crippen molar-refractivity contribution in [3.8, 4) is 0 Å². The number of thiocarbonyl (C=S) groups is 1. The highest BCUT2D eigenvalue weighted by Crippen LogP contribution is 2.35. The zero-order valence-corrected chi connectivity index (χ0v) is 21.9. The quantitative estimate of drug-likeness (QED) is 0.375. The molecule has 2 saturated heterocycles. The van der Waals surface area contributed by atoms with Crippen molar-refractivity contribution in [1.29, 1.82) is 0 Å². The number of thioether (sulfide) groups is 1. The fourth-order valence-electron chi connectivity index (χ4n) is 4.21. The Labute approximate surface area is 207 Å². The van der Waals surface area contributed by atoms with Gasteiger partial charge in [-0.3, -0.25) is 14.5 Å². The van der Waals surface area contributed by atoms with Gasteiger partial charge in [0.25, 0.3) is 5.91 Å². The third kappa shape index (κ3) is 4.97. The van der Waals surface area contributed by atoms with E-state index in [-0.39, 0.29) is 11.8 Å². The Morgan fingerprint density at radius 2 is 2.03 bits per heavy atom. The lowest BCUT2D eigenvalue weighted by atomic mass is 9.99. The molecule has 2 fully saturated rings. The number of hydrogen-bond donors (Lipinski definition) is 0. The van der Waals surface area contributed by atoms with Gasteiger partial charge in [-0.2, -0.15) is 0 Å². The number of amides is 2. The molecule has 0 atom stereocenters. The number of piperidine rings is 1. The van der Waals surface area contributed by atoms with Crippen molar-refractivity contribution >= 4 is 73.0 Å². The van der Waals surface area contributed by atoms with E-state index in [1.807, 2.05) is 39.9 Å². The van der Waals surface area contributed by atoms with Crippen LogP contribution in [0, 0.1) is 11.8 Å². The van der Waals surface area contributed by atoms with Crippen LogP contribution in [-0.2, 0) is 16.1 Å². The molecule has 0 radical (unpaired) electrons. The normalized spacial score (nSPS) is 19.2. The number of aromatic nitrogens is 1. The van der Waals surface area contributed by atoms with Gasteiger partial charge in [-0.25, -0.2) is 0 Å². The van der Waals surface area contributed by atoms with Gasteiger partial charge in [0, 0.05) is 46.8 Å². The zero-order valence-electron chi connectivity index (χ0n) is 18.6. The molecule has 0 N–H and O–H groups in total. The second-order valence-electron chi connectivity index (χ2n) is 9.12. The van der Waals surface area contributed by atoms with Crippen LogP contribution in [0.3, 0.4) is 0 Å². The van der Waals surface area contributed by atoms with Crippen LogP contribution in [0.25, 0.3) is 17.0 Å². The molecule has 1 aromatic carbocycles. The van der Waals surface area contributed by atoms with Gasteiger partial charge in [0.05, 0.1) is 4.91 Å². The molecule has 3 heterocycles. The van der Waals surface area contributed by atoms with Crippen molar-refractivity contribution in [2.45, 2.75) is 40.2 Å². The molecule has 32 heavy (non-hydrogen) atoms. The molecule has 8 heteroatoms. The molecule has 0 spiro atoms. The molecular formula is C24H28BrN3O2S2. The summed E-state index contributed by atoms with van der Waals surface area (Å²) in [7, 11) is 0. The van der Waals surface area contributed by atoms with Gasteiger partial charge in [-0.15, -0.1) is 0 Å². The minimum atomic E-state index is -0.0388. The van der Waals surface area contributed by atoms with Crippen LogP contribution in [-0.4, -0.2) is 50.1 Å². The lowest BCUT2D eigenvalue weighted by Gasteiger charge is -2.30. The molecule has 1 aromatic heterocycles. The van der Waals surface area contributed by atoms with Crippen molar-refractivity contribution in [1.82, 2.24) is 14.4 Å². The second kappa shape index (κ2) is 9.69. The van der Waals surface area contributed by atoms with E-state index >= 15 is 0 Å². The first kappa shape index (κ1) is 23.5. The third-order valence-corrected chi connectivity index (χ3v) is 7.89. The van der Waals surface area contributed by atoms with Crippen molar-refractivity contribution in [2.75, 3.05) is 19.6 Å². The van der Waals surface area contributed by atoms with Crippen LogP contribution in [0.4, 0.5) is 0 Å². The molecular weight excluding hydrogens is 506 g/mol. The first-order chi connectivity index (χ1) is 15.2. The molecule has 2 aromatic rings. The Morgan fingerprint density at radius 1 is 1.31 bits per heavy atom. The maximum absolute atomic E-state index is 13.0. The summed E-state index contributed by atoms with van der Waals surface area (Å²) >= 11 is 10.4. The van der Waals surface area contributed by atoms with Gasteiger partial charge in [-0.05, 0) is 49.0 Å². The monoisotopic (exact) mass is 533 g/mol. The minimum Gasteiger partial charge on any atom is -0.341 e. The molecule has 0 saturated carbocycles. The minimum absolute atomic E-state index is 0.0388. The van der Waals surface area contributed by atoms with Gasteiger partial charge in [0.2, 0.25) is 5.91 Å². The number of benzene rings is 1. The molecule has 2 aliphatic heterocycles. The summed E-state index contributed by atoms with van der Waals surface area (Å²) in [6.07, 6.45) is 6.03. The molecule has 0 unspecified atom stereocenters. The number of carbonyl (C=O) groups is 2. The maximum Gasteiger partial charge on any atom is 0.266 e. The Hall–Kier alpha value is -1.64. The Morgan fingerprint density at radius 3 is 2.72 bits per heavy atom. The molecule has 2 aliphatic rings. The van der Waals surface area contributed by atoms with Gasteiger partial charge < -0.3 is 9.47 Å². The summed E-state index contributed by atoms with van der Waals surface area (Å²) in [5.74, 6) is 1.14. The predicted molar refractivity (Wildman–Crippen MR) is 139 cm³/mol. The van der Waals surface area contributed by atoms with Crippen LogP contribution >= 0.6 is 39.9 Å². The molecule has 4 rings (SSSR count). The Bertz CT molecular complexity index is 1100. The second-order valence-corrected chi connectivity index (χ2v) is 11.7. The lowest BCUT2D eigenvalue weighted by molar-refractivity contribution is -0.133. The van der Waals surface area contributed by atoms with Crippen LogP contribution < -0.4 is 0 Å². The number of likely N-dealkylation sites (tertiary alicyclic amines) is 1. The molecule has 0 bridgehead atoms. The summed E-state index contributed by atoms with van der Waals surface area (Å²) in [6, 6.07) is 6.05. The summed E-state index contributed by atoms with van der Waals surface area (Å²) in [4.78, 5) is 30.2. The smallest absolute Gasteiger partial charge is 0.266 e. The summed E-state index contributed by atoms with van der Waals surface area (Å²) in [5, 5.41) is 1.01. The van der Waals surface area contributed by atoms with Gasteiger partial charge in [0.15, 0.2) is 0 Å². The topological polar surface area (TPSA) is 45.6 Å². The van der Waals surface area contributed by atoms with Crippen molar-refractivity contribution in [3.63, 3.8) is 0 Å². The average molecular weight is 535 g/mol. The third-order valence-electron chi connectivity index (χ3n) is 6.02. The molecule has 0 aliphatic carbocycles.